The smallest absolute Gasteiger partial charge is 0.408 e. The summed E-state index contributed by atoms with van der Waals surface area (Å²) in [7, 11) is 0. The van der Waals surface area contributed by atoms with E-state index in [9.17, 15) is 9.59 Å². The zero-order chi connectivity index (χ0) is 19.8. The van der Waals surface area contributed by atoms with Gasteiger partial charge in [-0.15, -0.1) is 11.3 Å². The minimum absolute atomic E-state index is 0.124. The minimum Gasteiger partial charge on any atom is -0.408 e. The van der Waals surface area contributed by atoms with Crippen molar-refractivity contribution in [2.24, 2.45) is 0 Å². The maximum Gasteiger partial charge on any atom is 0.420 e. The van der Waals surface area contributed by atoms with Crippen molar-refractivity contribution in [1.29, 1.82) is 0 Å². The molecule has 6 nitrogen and oxygen atoms in total. The predicted octanol–water partition coefficient (Wildman–Crippen LogP) is 4.51. The Balaban J connectivity index is 1.39. The van der Waals surface area contributed by atoms with E-state index in [1.165, 1.54) is 4.57 Å². The molecule has 0 aliphatic heterocycles. The lowest BCUT2D eigenvalue weighted by Gasteiger charge is -2.07. The first-order valence-electron chi connectivity index (χ1n) is 9.02. The van der Waals surface area contributed by atoms with Gasteiger partial charge in [-0.3, -0.25) is 9.36 Å². The summed E-state index contributed by atoms with van der Waals surface area (Å²) in [5, 5.41) is 3.74. The van der Waals surface area contributed by atoms with Crippen LogP contribution in [0.25, 0.3) is 31.9 Å². The van der Waals surface area contributed by atoms with E-state index >= 15 is 0 Å². The average molecular weight is 401 g/mol. The fourth-order valence-corrected chi connectivity index (χ4v) is 4.20. The number of hydrogen-bond donors (Lipinski definition) is 1. The van der Waals surface area contributed by atoms with Crippen molar-refractivity contribution in [3.8, 4) is 10.6 Å². The largest absolute Gasteiger partial charge is 0.420 e. The first-order chi connectivity index (χ1) is 14.2. The van der Waals surface area contributed by atoms with Crippen LogP contribution in [0, 0.1) is 0 Å². The van der Waals surface area contributed by atoms with Gasteiger partial charge in [0, 0.05) is 11.3 Å². The van der Waals surface area contributed by atoms with E-state index in [0.29, 0.717) is 16.8 Å². The van der Waals surface area contributed by atoms with E-state index < -0.39 is 5.76 Å². The van der Waals surface area contributed by atoms with Crippen LogP contribution < -0.4 is 11.1 Å². The van der Waals surface area contributed by atoms with Crippen molar-refractivity contribution < 1.29 is 9.21 Å². The Bertz CT molecular complexity index is 1380. The predicted molar refractivity (Wildman–Crippen MR) is 114 cm³/mol. The van der Waals surface area contributed by atoms with Gasteiger partial charge < -0.3 is 9.73 Å². The highest BCUT2D eigenvalue weighted by molar-refractivity contribution is 7.21. The zero-order valence-electron chi connectivity index (χ0n) is 15.2. The number of rotatable bonds is 4. The van der Waals surface area contributed by atoms with Gasteiger partial charge in [0.2, 0.25) is 5.91 Å². The SMILES string of the molecule is O=C(Cn1c(=O)oc2ccccc21)Nc1cccc(-c2nc3ccccc3s2)c1. The molecule has 1 amide bonds. The lowest BCUT2D eigenvalue weighted by molar-refractivity contribution is -0.116. The van der Waals surface area contributed by atoms with Crippen LogP contribution in [0.1, 0.15) is 0 Å². The topological polar surface area (TPSA) is 77.1 Å². The van der Waals surface area contributed by atoms with Crippen LogP contribution >= 0.6 is 11.3 Å². The third-order valence-electron chi connectivity index (χ3n) is 4.56. The van der Waals surface area contributed by atoms with E-state index in [2.05, 4.69) is 10.3 Å². The molecule has 0 atom stereocenters. The van der Waals surface area contributed by atoms with Crippen LogP contribution in [0.5, 0.6) is 0 Å². The number of fused-ring (bicyclic) bond motifs is 2. The van der Waals surface area contributed by atoms with Crippen molar-refractivity contribution in [1.82, 2.24) is 9.55 Å². The molecule has 5 aromatic rings. The minimum atomic E-state index is -0.551. The van der Waals surface area contributed by atoms with Gasteiger partial charge in [0.1, 0.15) is 11.6 Å². The van der Waals surface area contributed by atoms with Gasteiger partial charge in [0.15, 0.2) is 5.58 Å². The molecule has 0 saturated carbocycles. The van der Waals surface area contributed by atoms with Gasteiger partial charge in [0.25, 0.3) is 0 Å². The molecule has 0 radical (unpaired) electrons. The molecule has 3 aromatic carbocycles. The Morgan fingerprint density at radius 1 is 1.03 bits per heavy atom. The molecule has 0 unspecified atom stereocenters. The number of nitrogens with one attached hydrogen (secondary N) is 1. The molecule has 5 rings (SSSR count). The summed E-state index contributed by atoms with van der Waals surface area (Å²) in [4.78, 5) is 29.3. The molecule has 0 saturated heterocycles. The van der Waals surface area contributed by atoms with Crippen molar-refractivity contribution in [2.45, 2.75) is 6.54 Å². The standard InChI is InChI=1S/C22H15N3O3S/c26-20(13-25-17-9-2-3-10-18(17)28-22(25)27)23-15-7-5-6-14(12-15)21-24-16-8-1-4-11-19(16)29-21/h1-12H,13H2,(H,23,26). The monoisotopic (exact) mass is 401 g/mol. The fourth-order valence-electron chi connectivity index (χ4n) is 3.23. The Labute approximate surface area is 169 Å². The Morgan fingerprint density at radius 3 is 2.76 bits per heavy atom. The molecule has 2 heterocycles. The van der Waals surface area contributed by atoms with Crippen molar-refractivity contribution in [3.63, 3.8) is 0 Å². The highest BCUT2D eigenvalue weighted by atomic mass is 32.1. The molecule has 29 heavy (non-hydrogen) atoms. The van der Waals surface area contributed by atoms with E-state index in [1.54, 1.807) is 35.6 Å². The summed E-state index contributed by atoms with van der Waals surface area (Å²) >= 11 is 1.60. The molecule has 0 aliphatic rings. The zero-order valence-corrected chi connectivity index (χ0v) is 16.0. The number of nitrogens with zero attached hydrogens (tertiary/aromatic N) is 2. The lowest BCUT2D eigenvalue weighted by atomic mass is 10.2. The van der Waals surface area contributed by atoms with Gasteiger partial charge in [-0.2, -0.15) is 0 Å². The maximum absolute atomic E-state index is 12.5. The molecule has 0 fully saturated rings. The van der Waals surface area contributed by atoms with Gasteiger partial charge in [-0.1, -0.05) is 36.4 Å². The Hall–Kier alpha value is -3.71. The summed E-state index contributed by atoms with van der Waals surface area (Å²) in [5.41, 5.74) is 3.58. The number of carbonyl (C=O) groups excluding carboxylic acids is 1. The fraction of sp³-hybridized carbons (Fsp3) is 0.0455. The van der Waals surface area contributed by atoms with Crippen molar-refractivity contribution in [2.75, 3.05) is 5.32 Å². The molecule has 0 bridgehead atoms. The molecular weight excluding hydrogens is 386 g/mol. The number of oxazole rings is 1. The summed E-state index contributed by atoms with van der Waals surface area (Å²) in [6, 6.07) is 22.5. The summed E-state index contributed by atoms with van der Waals surface area (Å²) in [6.07, 6.45) is 0. The molecule has 142 valence electrons. The maximum atomic E-state index is 12.5. The number of para-hydroxylation sites is 3. The molecule has 1 N–H and O–H groups in total. The number of anilines is 1. The number of thiazole rings is 1. The van der Waals surface area contributed by atoms with Crippen LogP contribution in [-0.4, -0.2) is 15.5 Å². The number of carbonyl (C=O) groups is 1. The lowest BCUT2D eigenvalue weighted by Crippen LogP contribution is -2.24. The normalized spacial score (nSPS) is 11.2. The summed E-state index contributed by atoms with van der Waals surface area (Å²) < 4.78 is 7.61. The number of aromatic nitrogens is 2. The highest BCUT2D eigenvalue weighted by Crippen LogP contribution is 2.31. The third kappa shape index (κ3) is 3.32. The van der Waals surface area contributed by atoms with Crippen LogP contribution in [0.2, 0.25) is 0 Å². The van der Waals surface area contributed by atoms with E-state index in [4.69, 9.17) is 4.42 Å². The average Bonchev–Trinajstić information content (AvgIpc) is 3.29. The molecule has 7 heteroatoms. The van der Waals surface area contributed by atoms with Gasteiger partial charge in [-0.25, -0.2) is 9.78 Å². The molecular formula is C22H15N3O3S. The quantitative estimate of drug-likeness (QED) is 0.481. The molecule has 0 aliphatic carbocycles. The van der Waals surface area contributed by atoms with Crippen molar-refractivity contribution >= 4 is 44.2 Å². The van der Waals surface area contributed by atoms with E-state index in [-0.39, 0.29) is 12.5 Å². The van der Waals surface area contributed by atoms with Crippen LogP contribution in [0.4, 0.5) is 5.69 Å². The molecule has 2 aromatic heterocycles. The highest BCUT2D eigenvalue weighted by Gasteiger charge is 2.13. The summed E-state index contributed by atoms with van der Waals surface area (Å²) in [5.74, 6) is -0.857. The second-order valence-corrected chi connectivity index (χ2v) is 7.57. The third-order valence-corrected chi connectivity index (χ3v) is 5.65. The van der Waals surface area contributed by atoms with Crippen LogP contribution in [-0.2, 0) is 11.3 Å². The Kier molecular flexibility index (Phi) is 4.22. The van der Waals surface area contributed by atoms with Crippen LogP contribution in [0.15, 0.2) is 82.0 Å². The van der Waals surface area contributed by atoms with Gasteiger partial charge >= 0.3 is 5.76 Å². The Morgan fingerprint density at radius 2 is 1.86 bits per heavy atom. The number of amides is 1. The van der Waals surface area contributed by atoms with Gasteiger partial charge in [0.05, 0.1) is 15.7 Å². The van der Waals surface area contributed by atoms with E-state index in [1.807, 2.05) is 48.5 Å². The van der Waals surface area contributed by atoms with Gasteiger partial charge in [-0.05, 0) is 36.4 Å². The summed E-state index contributed by atoms with van der Waals surface area (Å²) in [6.45, 7) is -0.124. The van der Waals surface area contributed by atoms with E-state index in [0.717, 1.165) is 20.8 Å². The first kappa shape index (κ1) is 17.4. The molecule has 0 spiro atoms. The number of benzene rings is 3. The number of hydrogen-bond acceptors (Lipinski definition) is 5. The second-order valence-electron chi connectivity index (χ2n) is 6.54. The second kappa shape index (κ2) is 7.03. The first-order valence-corrected chi connectivity index (χ1v) is 9.83. The van der Waals surface area contributed by atoms with Crippen LogP contribution in [0.3, 0.4) is 0 Å². The van der Waals surface area contributed by atoms with Crippen molar-refractivity contribution in [3.05, 3.63) is 83.3 Å².